The highest BCUT2D eigenvalue weighted by Crippen LogP contribution is 2.24. The molecule has 1 unspecified atom stereocenters. The number of nitrogens with one attached hydrogen (secondary N) is 1. The molecule has 1 rings (SSSR count). The molecule has 3 N–H and O–H groups in total. The quantitative estimate of drug-likeness (QED) is 0.575. The molecule has 0 aliphatic heterocycles. The lowest BCUT2D eigenvalue weighted by atomic mass is 9.97. The average Bonchev–Trinajstić information content (AvgIpc) is 2.10. The molecule has 0 saturated heterocycles. The number of nitrogens with two attached hydrogens (primary N) is 1. The molecule has 0 spiro atoms. The van der Waals surface area contributed by atoms with Crippen LogP contribution in [0.5, 0.6) is 0 Å². The molecule has 2 nitrogen and oxygen atoms in total. The van der Waals surface area contributed by atoms with Crippen molar-refractivity contribution in [3.8, 4) is 0 Å². The fourth-order valence-electron chi connectivity index (χ4n) is 1.77. The van der Waals surface area contributed by atoms with Gasteiger partial charge in [-0.1, -0.05) is 13.0 Å². The van der Waals surface area contributed by atoms with Crippen molar-refractivity contribution in [2.24, 2.45) is 5.84 Å². The number of hydrazine groups is 1. The first-order chi connectivity index (χ1) is 6.60. The monoisotopic (exact) mass is 196 g/mol. The zero-order valence-corrected chi connectivity index (χ0v) is 8.89. The van der Waals surface area contributed by atoms with Gasteiger partial charge in [0, 0.05) is 11.6 Å². The maximum Gasteiger partial charge on any atom is 0.128 e. The largest absolute Gasteiger partial charge is 0.271 e. The summed E-state index contributed by atoms with van der Waals surface area (Å²) in [7, 11) is 0. The Labute approximate surface area is 84.3 Å². The van der Waals surface area contributed by atoms with Crippen LogP contribution >= 0.6 is 0 Å². The van der Waals surface area contributed by atoms with E-state index in [0.29, 0.717) is 5.56 Å². The van der Waals surface area contributed by atoms with E-state index < -0.39 is 0 Å². The highest BCUT2D eigenvalue weighted by Gasteiger charge is 2.15. The number of halogens is 1. The summed E-state index contributed by atoms with van der Waals surface area (Å²) >= 11 is 0. The number of hydrogen-bond donors (Lipinski definition) is 2. The lowest BCUT2D eigenvalue weighted by Gasteiger charge is -2.17. The third kappa shape index (κ3) is 2.11. The van der Waals surface area contributed by atoms with Crippen LogP contribution < -0.4 is 11.3 Å². The predicted octanol–water partition coefficient (Wildman–Crippen LogP) is 2.36. The van der Waals surface area contributed by atoms with Crippen LogP contribution in [0.25, 0.3) is 0 Å². The molecule has 0 fully saturated rings. The number of hydrogen-bond acceptors (Lipinski definition) is 2. The molecule has 0 heterocycles. The van der Waals surface area contributed by atoms with Gasteiger partial charge in [-0.15, -0.1) is 0 Å². The highest BCUT2D eigenvalue weighted by molar-refractivity contribution is 5.34. The van der Waals surface area contributed by atoms with E-state index in [1.165, 1.54) is 0 Å². The Kier molecular flexibility index (Phi) is 3.61. The molecule has 0 aromatic heterocycles. The van der Waals surface area contributed by atoms with Crippen molar-refractivity contribution < 1.29 is 4.39 Å². The van der Waals surface area contributed by atoms with Crippen molar-refractivity contribution in [2.75, 3.05) is 0 Å². The van der Waals surface area contributed by atoms with Gasteiger partial charge in [-0.25, -0.2) is 4.39 Å². The van der Waals surface area contributed by atoms with Gasteiger partial charge in [0.05, 0.1) is 0 Å². The topological polar surface area (TPSA) is 38.0 Å². The second-order valence-electron chi connectivity index (χ2n) is 3.60. The molecule has 1 aromatic rings. The van der Waals surface area contributed by atoms with Crippen LogP contribution in [0.15, 0.2) is 12.1 Å². The van der Waals surface area contributed by atoms with Crippen LogP contribution in [0.1, 0.15) is 36.1 Å². The molecule has 0 bridgehead atoms. The van der Waals surface area contributed by atoms with E-state index in [4.69, 9.17) is 5.84 Å². The maximum absolute atomic E-state index is 13.6. The average molecular weight is 196 g/mol. The Morgan fingerprint density at radius 1 is 1.43 bits per heavy atom. The van der Waals surface area contributed by atoms with Gasteiger partial charge in [-0.2, -0.15) is 0 Å². The van der Waals surface area contributed by atoms with E-state index in [9.17, 15) is 4.39 Å². The molecule has 0 saturated carbocycles. The zero-order valence-electron chi connectivity index (χ0n) is 8.89. The third-order valence-electron chi connectivity index (χ3n) is 2.44. The lowest BCUT2D eigenvalue weighted by Crippen LogP contribution is -2.28. The van der Waals surface area contributed by atoms with Crippen molar-refractivity contribution in [1.82, 2.24) is 5.43 Å². The molecular weight excluding hydrogens is 179 g/mol. The summed E-state index contributed by atoms with van der Waals surface area (Å²) in [5.74, 6) is 5.20. The van der Waals surface area contributed by atoms with Gasteiger partial charge in [0.15, 0.2) is 0 Å². The minimum atomic E-state index is -0.174. The van der Waals surface area contributed by atoms with E-state index in [1.54, 1.807) is 6.07 Å². The summed E-state index contributed by atoms with van der Waals surface area (Å²) in [6, 6.07) is 3.41. The summed E-state index contributed by atoms with van der Waals surface area (Å²) in [6.45, 7) is 5.77. The normalized spacial score (nSPS) is 12.9. The third-order valence-corrected chi connectivity index (χ3v) is 2.44. The Hall–Kier alpha value is -0.930. The van der Waals surface area contributed by atoms with E-state index in [-0.39, 0.29) is 11.9 Å². The maximum atomic E-state index is 13.6. The highest BCUT2D eigenvalue weighted by atomic mass is 19.1. The molecule has 0 amide bonds. The van der Waals surface area contributed by atoms with Gasteiger partial charge in [-0.05, 0) is 37.5 Å². The van der Waals surface area contributed by atoms with Gasteiger partial charge in [0.2, 0.25) is 0 Å². The van der Waals surface area contributed by atoms with E-state index in [2.05, 4.69) is 5.43 Å². The van der Waals surface area contributed by atoms with E-state index in [0.717, 1.165) is 17.5 Å². The first kappa shape index (κ1) is 11.1. The van der Waals surface area contributed by atoms with Crippen molar-refractivity contribution in [3.05, 3.63) is 34.6 Å². The van der Waals surface area contributed by atoms with Crippen LogP contribution in [0.2, 0.25) is 0 Å². The van der Waals surface area contributed by atoms with Crippen LogP contribution in [-0.2, 0) is 0 Å². The number of benzene rings is 1. The molecule has 1 aromatic carbocycles. The predicted molar refractivity (Wildman–Crippen MR) is 56.2 cm³/mol. The van der Waals surface area contributed by atoms with Crippen LogP contribution in [0.3, 0.4) is 0 Å². The van der Waals surface area contributed by atoms with Crippen LogP contribution in [0.4, 0.5) is 4.39 Å². The Morgan fingerprint density at radius 2 is 2.07 bits per heavy atom. The van der Waals surface area contributed by atoms with Crippen molar-refractivity contribution in [2.45, 2.75) is 33.2 Å². The smallest absolute Gasteiger partial charge is 0.128 e. The van der Waals surface area contributed by atoms with E-state index >= 15 is 0 Å². The van der Waals surface area contributed by atoms with Gasteiger partial charge in [-0.3, -0.25) is 11.3 Å². The fraction of sp³-hybridized carbons (Fsp3) is 0.455. The zero-order chi connectivity index (χ0) is 10.7. The van der Waals surface area contributed by atoms with Gasteiger partial charge in [0.1, 0.15) is 5.82 Å². The van der Waals surface area contributed by atoms with Gasteiger partial charge >= 0.3 is 0 Å². The summed E-state index contributed by atoms with van der Waals surface area (Å²) in [5.41, 5.74) is 5.20. The summed E-state index contributed by atoms with van der Waals surface area (Å²) in [4.78, 5) is 0. The summed E-state index contributed by atoms with van der Waals surface area (Å²) in [6.07, 6.45) is 0.775. The molecule has 0 aliphatic carbocycles. The Bertz CT molecular complexity index is 296. The summed E-state index contributed by atoms with van der Waals surface area (Å²) in [5, 5.41) is 0. The Morgan fingerprint density at radius 3 is 2.50 bits per heavy atom. The molecule has 0 radical (unpaired) electrons. The van der Waals surface area contributed by atoms with Crippen molar-refractivity contribution in [3.63, 3.8) is 0 Å². The van der Waals surface area contributed by atoms with Crippen molar-refractivity contribution in [1.29, 1.82) is 0 Å². The van der Waals surface area contributed by atoms with E-state index in [1.807, 2.05) is 26.8 Å². The molecule has 14 heavy (non-hydrogen) atoms. The minimum absolute atomic E-state index is 0.101. The van der Waals surface area contributed by atoms with Gasteiger partial charge < -0.3 is 0 Å². The first-order valence-electron chi connectivity index (χ1n) is 4.83. The standard InChI is InChI=1S/C11H17FN2/c1-4-10(14-13)11-8(3)5-7(2)6-9(11)12/h5-6,10,14H,4,13H2,1-3H3. The fourth-order valence-corrected chi connectivity index (χ4v) is 1.77. The van der Waals surface area contributed by atoms with Crippen LogP contribution in [0, 0.1) is 19.7 Å². The minimum Gasteiger partial charge on any atom is -0.271 e. The number of aryl methyl sites for hydroxylation is 2. The summed E-state index contributed by atoms with van der Waals surface area (Å²) < 4.78 is 13.6. The number of rotatable bonds is 3. The van der Waals surface area contributed by atoms with Crippen molar-refractivity contribution >= 4 is 0 Å². The first-order valence-corrected chi connectivity index (χ1v) is 4.83. The molecule has 1 atom stereocenters. The molecule has 0 aliphatic rings. The van der Waals surface area contributed by atoms with Crippen LogP contribution in [-0.4, -0.2) is 0 Å². The second kappa shape index (κ2) is 4.53. The Balaban J connectivity index is 3.19. The molecule has 78 valence electrons. The van der Waals surface area contributed by atoms with Gasteiger partial charge in [0.25, 0.3) is 0 Å². The second-order valence-corrected chi connectivity index (χ2v) is 3.60. The SMILES string of the molecule is CCC(NN)c1c(C)cc(C)cc1F. The molecular formula is C11H17FN2. The molecule has 3 heteroatoms. The lowest BCUT2D eigenvalue weighted by molar-refractivity contribution is 0.498.